The van der Waals surface area contributed by atoms with Gasteiger partial charge in [-0.15, -0.1) is 0 Å². The van der Waals surface area contributed by atoms with Crippen LogP contribution in [-0.2, 0) is 4.79 Å². The van der Waals surface area contributed by atoms with E-state index in [4.69, 9.17) is 21.4 Å². The van der Waals surface area contributed by atoms with E-state index in [1.807, 2.05) is 6.92 Å². The third kappa shape index (κ3) is 4.51. The average Bonchev–Trinajstić information content (AvgIpc) is 2.49. The number of rotatable bonds is 4. The molecule has 3 atom stereocenters. The van der Waals surface area contributed by atoms with E-state index in [2.05, 4.69) is 5.32 Å². The Labute approximate surface area is 140 Å². The van der Waals surface area contributed by atoms with Gasteiger partial charge in [-0.1, -0.05) is 23.7 Å². The Balaban J connectivity index is 1.87. The van der Waals surface area contributed by atoms with Crippen molar-refractivity contribution in [1.29, 1.82) is 0 Å². The molecule has 126 valence electrons. The fourth-order valence-electron chi connectivity index (χ4n) is 2.69. The first-order valence-electron chi connectivity index (χ1n) is 7.59. The minimum Gasteiger partial charge on any atom is -0.479 e. The van der Waals surface area contributed by atoms with Gasteiger partial charge in [-0.3, -0.25) is 4.79 Å². The van der Waals surface area contributed by atoms with Crippen LogP contribution in [0.4, 0.5) is 4.79 Å². The van der Waals surface area contributed by atoms with Crippen molar-refractivity contribution in [3.63, 3.8) is 0 Å². The molecule has 1 unspecified atom stereocenters. The molecule has 2 N–H and O–H groups in total. The maximum Gasteiger partial charge on any atom is 0.407 e. The van der Waals surface area contributed by atoms with Gasteiger partial charge in [0, 0.05) is 18.6 Å². The number of halogens is 1. The predicted octanol–water partition coefficient (Wildman–Crippen LogP) is 2.75. The first-order chi connectivity index (χ1) is 10.9. The van der Waals surface area contributed by atoms with Crippen LogP contribution in [0, 0.1) is 0 Å². The van der Waals surface area contributed by atoms with Crippen molar-refractivity contribution < 1.29 is 19.4 Å². The zero-order valence-electron chi connectivity index (χ0n) is 13.2. The number of nitrogens with one attached hydrogen (secondary N) is 1. The van der Waals surface area contributed by atoms with Crippen LogP contribution in [0.5, 0.6) is 5.75 Å². The molecule has 1 fully saturated rings. The number of piperidine rings is 1. The van der Waals surface area contributed by atoms with Crippen LogP contribution in [0.2, 0.25) is 5.02 Å². The Morgan fingerprint density at radius 3 is 2.74 bits per heavy atom. The zero-order valence-corrected chi connectivity index (χ0v) is 13.9. The molecule has 0 bridgehead atoms. The second-order valence-corrected chi connectivity index (χ2v) is 6.15. The third-order valence-electron chi connectivity index (χ3n) is 3.98. The van der Waals surface area contributed by atoms with E-state index in [0.717, 1.165) is 0 Å². The van der Waals surface area contributed by atoms with E-state index in [1.54, 1.807) is 31.2 Å². The first-order valence-corrected chi connectivity index (χ1v) is 7.97. The molecule has 1 aliphatic rings. The van der Waals surface area contributed by atoms with Crippen molar-refractivity contribution in [3.8, 4) is 5.75 Å². The highest BCUT2D eigenvalue weighted by molar-refractivity contribution is 6.32. The molecule has 2 rings (SSSR count). The number of benzene rings is 1. The molecule has 0 saturated carbocycles. The maximum atomic E-state index is 12.2. The molecule has 2 amide bonds. The van der Waals surface area contributed by atoms with Crippen molar-refractivity contribution in [3.05, 3.63) is 29.3 Å². The van der Waals surface area contributed by atoms with Gasteiger partial charge in [-0.25, -0.2) is 4.79 Å². The van der Waals surface area contributed by atoms with Gasteiger partial charge in [-0.05, 0) is 38.8 Å². The van der Waals surface area contributed by atoms with Gasteiger partial charge in [0.1, 0.15) is 5.75 Å². The topological polar surface area (TPSA) is 78.9 Å². The predicted molar refractivity (Wildman–Crippen MR) is 86.9 cm³/mol. The van der Waals surface area contributed by atoms with Gasteiger partial charge < -0.3 is 20.1 Å². The lowest BCUT2D eigenvalue weighted by molar-refractivity contribution is -0.128. The summed E-state index contributed by atoms with van der Waals surface area (Å²) < 4.78 is 5.59. The van der Waals surface area contributed by atoms with E-state index < -0.39 is 12.2 Å². The number of ether oxygens (including phenoxy) is 1. The van der Waals surface area contributed by atoms with E-state index >= 15 is 0 Å². The Morgan fingerprint density at radius 2 is 2.13 bits per heavy atom. The van der Waals surface area contributed by atoms with Crippen LogP contribution >= 0.6 is 11.6 Å². The molecule has 1 saturated heterocycles. The normalized spacial score (nSPS) is 22.3. The van der Waals surface area contributed by atoms with E-state index in [0.29, 0.717) is 30.2 Å². The standard InChI is InChI=1S/C16H21ClN2O4/c1-10-9-12(7-8-19(10)16(21)22)18-15(20)11(2)23-14-6-4-3-5-13(14)17/h3-6,10-12H,7-9H2,1-2H3,(H,18,20)(H,21,22)/t10-,11?,12-/m1/s1. The molecule has 1 aliphatic heterocycles. The Hall–Kier alpha value is -1.95. The number of nitrogens with zero attached hydrogens (tertiary/aromatic N) is 1. The number of para-hydroxylation sites is 1. The van der Waals surface area contributed by atoms with E-state index in [1.165, 1.54) is 4.90 Å². The van der Waals surface area contributed by atoms with E-state index in [9.17, 15) is 9.59 Å². The largest absolute Gasteiger partial charge is 0.479 e. The van der Waals surface area contributed by atoms with Crippen molar-refractivity contribution in [2.24, 2.45) is 0 Å². The lowest BCUT2D eigenvalue weighted by Gasteiger charge is -2.36. The summed E-state index contributed by atoms with van der Waals surface area (Å²) in [4.78, 5) is 24.7. The molecular formula is C16H21ClN2O4. The highest BCUT2D eigenvalue weighted by Crippen LogP contribution is 2.24. The second kappa shape index (κ2) is 7.55. The van der Waals surface area contributed by atoms with Gasteiger partial charge >= 0.3 is 6.09 Å². The number of hydrogen-bond acceptors (Lipinski definition) is 3. The lowest BCUT2D eigenvalue weighted by atomic mass is 9.98. The monoisotopic (exact) mass is 340 g/mol. The number of likely N-dealkylation sites (tertiary alicyclic amines) is 1. The number of hydrogen-bond donors (Lipinski definition) is 2. The maximum absolute atomic E-state index is 12.2. The molecule has 0 radical (unpaired) electrons. The first kappa shape index (κ1) is 17.4. The quantitative estimate of drug-likeness (QED) is 0.883. The van der Waals surface area contributed by atoms with Gasteiger partial charge in [0.25, 0.3) is 5.91 Å². The minimum atomic E-state index is -0.919. The zero-order chi connectivity index (χ0) is 17.0. The smallest absolute Gasteiger partial charge is 0.407 e. The second-order valence-electron chi connectivity index (χ2n) is 5.75. The fourth-order valence-corrected chi connectivity index (χ4v) is 2.87. The van der Waals surface area contributed by atoms with Crippen molar-refractivity contribution in [2.75, 3.05) is 6.54 Å². The molecule has 23 heavy (non-hydrogen) atoms. The molecule has 0 aliphatic carbocycles. The number of amides is 2. The Bertz CT molecular complexity index is 581. The fraction of sp³-hybridized carbons (Fsp3) is 0.500. The van der Waals surface area contributed by atoms with Gasteiger partial charge in [0.15, 0.2) is 6.10 Å². The van der Waals surface area contributed by atoms with Gasteiger partial charge in [-0.2, -0.15) is 0 Å². The average molecular weight is 341 g/mol. The summed E-state index contributed by atoms with van der Waals surface area (Å²) >= 11 is 6.01. The van der Waals surface area contributed by atoms with Crippen LogP contribution in [0.15, 0.2) is 24.3 Å². The summed E-state index contributed by atoms with van der Waals surface area (Å²) in [7, 11) is 0. The van der Waals surface area contributed by atoms with Crippen LogP contribution in [0.3, 0.4) is 0 Å². The van der Waals surface area contributed by atoms with Gasteiger partial charge in [0.05, 0.1) is 5.02 Å². The summed E-state index contributed by atoms with van der Waals surface area (Å²) in [5.74, 6) is 0.233. The SMILES string of the molecule is CC(Oc1ccccc1Cl)C(=O)N[C@@H]1CCN(C(=O)O)[C@H](C)C1. The van der Waals surface area contributed by atoms with Crippen LogP contribution in [0.1, 0.15) is 26.7 Å². The summed E-state index contributed by atoms with van der Waals surface area (Å²) in [6.45, 7) is 3.92. The van der Waals surface area contributed by atoms with Crippen LogP contribution in [0.25, 0.3) is 0 Å². The minimum absolute atomic E-state index is 0.0506. The summed E-state index contributed by atoms with van der Waals surface area (Å²) in [5, 5.41) is 12.4. The molecule has 6 nitrogen and oxygen atoms in total. The number of carboxylic acid groups (broad SMARTS) is 1. The Morgan fingerprint density at radius 1 is 1.43 bits per heavy atom. The molecule has 1 aromatic carbocycles. The summed E-state index contributed by atoms with van der Waals surface area (Å²) in [5.41, 5.74) is 0. The van der Waals surface area contributed by atoms with Gasteiger partial charge in [0.2, 0.25) is 0 Å². The van der Waals surface area contributed by atoms with Crippen molar-refractivity contribution >= 4 is 23.6 Å². The number of carbonyl (C=O) groups is 2. The van der Waals surface area contributed by atoms with Crippen molar-refractivity contribution in [1.82, 2.24) is 10.2 Å². The van der Waals surface area contributed by atoms with Crippen LogP contribution in [-0.4, -0.2) is 46.7 Å². The molecular weight excluding hydrogens is 320 g/mol. The van der Waals surface area contributed by atoms with Crippen molar-refractivity contribution in [2.45, 2.75) is 44.9 Å². The molecule has 0 spiro atoms. The number of carbonyl (C=O) groups excluding carboxylic acids is 1. The molecule has 1 heterocycles. The third-order valence-corrected chi connectivity index (χ3v) is 4.29. The highest BCUT2D eigenvalue weighted by Gasteiger charge is 2.30. The molecule has 1 aromatic rings. The Kier molecular flexibility index (Phi) is 5.71. The summed E-state index contributed by atoms with van der Waals surface area (Å²) in [6, 6.07) is 6.81. The summed E-state index contributed by atoms with van der Waals surface area (Å²) in [6.07, 6.45) is -0.404. The molecule has 7 heteroatoms. The highest BCUT2D eigenvalue weighted by atomic mass is 35.5. The van der Waals surface area contributed by atoms with Crippen LogP contribution < -0.4 is 10.1 Å². The van der Waals surface area contributed by atoms with E-state index in [-0.39, 0.29) is 18.0 Å². The lowest BCUT2D eigenvalue weighted by Crippen LogP contribution is -2.52. The molecule has 0 aromatic heterocycles.